The van der Waals surface area contributed by atoms with Gasteiger partial charge in [0.1, 0.15) is 10.9 Å². The predicted octanol–water partition coefficient (Wildman–Crippen LogP) is -0.00780. The molecule has 7 nitrogen and oxygen atoms in total. The highest BCUT2D eigenvalue weighted by atomic mass is 32.2. The molecule has 1 heterocycles. The Hall–Kier alpha value is -1.41. The number of hydrogen-bond donors (Lipinski definition) is 0. The molecule has 1 atom stereocenters. The van der Waals surface area contributed by atoms with E-state index in [4.69, 9.17) is 4.74 Å². The molecule has 0 fully saturated rings. The zero-order chi connectivity index (χ0) is 13.9. The van der Waals surface area contributed by atoms with E-state index >= 15 is 0 Å². The number of carbonyl (C=O) groups excluding carboxylic acids is 1. The maximum atomic E-state index is 12.2. The van der Waals surface area contributed by atoms with Gasteiger partial charge in [0.15, 0.2) is 0 Å². The largest absolute Gasteiger partial charge is 0.465 e. The van der Waals surface area contributed by atoms with Crippen LogP contribution in [0.2, 0.25) is 0 Å². The molecule has 0 aromatic carbocycles. The molecule has 0 saturated heterocycles. The van der Waals surface area contributed by atoms with Crippen LogP contribution in [0.25, 0.3) is 0 Å². The molecule has 1 aromatic rings. The minimum atomic E-state index is -3.73. The molecule has 0 aliphatic carbocycles. The fourth-order valence-electron chi connectivity index (χ4n) is 1.32. The normalized spacial score (nSPS) is 13.6. The first-order valence-electron chi connectivity index (χ1n) is 5.44. The summed E-state index contributed by atoms with van der Waals surface area (Å²) in [6.07, 6.45) is 2.62. The molecule has 0 spiro atoms. The smallest absolute Gasteiger partial charge is 0.324 e. The average Bonchev–Trinajstić information content (AvgIpc) is 2.74. The van der Waals surface area contributed by atoms with E-state index in [2.05, 4.69) is 5.10 Å². The van der Waals surface area contributed by atoms with Crippen molar-refractivity contribution in [3.05, 3.63) is 12.4 Å². The number of rotatable bonds is 5. The molecule has 1 unspecified atom stereocenters. The highest BCUT2D eigenvalue weighted by Crippen LogP contribution is 2.15. The summed E-state index contributed by atoms with van der Waals surface area (Å²) >= 11 is 0. The topological polar surface area (TPSA) is 81.5 Å². The lowest BCUT2D eigenvalue weighted by Gasteiger charge is -2.21. The van der Waals surface area contributed by atoms with Crippen molar-refractivity contribution in [2.45, 2.75) is 24.8 Å². The van der Waals surface area contributed by atoms with Crippen molar-refractivity contribution in [2.24, 2.45) is 7.05 Å². The van der Waals surface area contributed by atoms with Gasteiger partial charge in [-0.25, -0.2) is 8.42 Å². The zero-order valence-electron chi connectivity index (χ0n) is 10.8. The van der Waals surface area contributed by atoms with Gasteiger partial charge in [-0.15, -0.1) is 0 Å². The van der Waals surface area contributed by atoms with Gasteiger partial charge in [-0.3, -0.25) is 9.48 Å². The van der Waals surface area contributed by atoms with E-state index in [-0.39, 0.29) is 11.5 Å². The van der Waals surface area contributed by atoms with E-state index in [0.717, 1.165) is 4.31 Å². The van der Waals surface area contributed by atoms with Crippen LogP contribution in [0.4, 0.5) is 0 Å². The number of aryl methyl sites for hydroxylation is 1. The first kappa shape index (κ1) is 14.7. The van der Waals surface area contributed by atoms with Crippen molar-refractivity contribution in [3.8, 4) is 0 Å². The lowest BCUT2D eigenvalue weighted by atomic mass is 10.3. The molecule has 0 aliphatic rings. The number of hydrogen-bond acceptors (Lipinski definition) is 5. The number of esters is 1. The van der Waals surface area contributed by atoms with Crippen LogP contribution in [-0.2, 0) is 26.6 Å². The quantitative estimate of drug-likeness (QED) is 0.706. The summed E-state index contributed by atoms with van der Waals surface area (Å²) in [5, 5.41) is 3.80. The SMILES string of the molecule is CCOC(=O)C(C)N(C)S(=O)(=O)c1cnn(C)c1. The standard InChI is InChI=1S/C10H17N3O4S/c1-5-17-10(14)8(2)13(4)18(15,16)9-6-11-12(3)7-9/h6-8H,5H2,1-4H3. The number of carbonyl (C=O) groups is 1. The minimum Gasteiger partial charge on any atom is -0.465 e. The van der Waals surface area contributed by atoms with Crippen LogP contribution in [0.3, 0.4) is 0 Å². The minimum absolute atomic E-state index is 0.0450. The van der Waals surface area contributed by atoms with E-state index in [0.29, 0.717) is 0 Å². The van der Waals surface area contributed by atoms with Crippen molar-refractivity contribution < 1.29 is 17.9 Å². The van der Waals surface area contributed by atoms with E-state index in [1.54, 1.807) is 14.0 Å². The van der Waals surface area contributed by atoms with Crippen LogP contribution in [0, 0.1) is 0 Å². The molecule has 1 rings (SSSR count). The van der Waals surface area contributed by atoms with Crippen molar-refractivity contribution in [2.75, 3.05) is 13.7 Å². The molecular formula is C10H17N3O4S. The monoisotopic (exact) mass is 275 g/mol. The molecule has 0 bridgehead atoms. The molecule has 0 radical (unpaired) electrons. The van der Waals surface area contributed by atoms with E-state index in [1.165, 1.54) is 31.0 Å². The van der Waals surface area contributed by atoms with Gasteiger partial charge < -0.3 is 4.74 Å². The second kappa shape index (κ2) is 5.49. The molecule has 8 heteroatoms. The molecule has 1 aromatic heterocycles. The van der Waals surface area contributed by atoms with Gasteiger partial charge in [0.05, 0.1) is 12.8 Å². The Labute approximate surface area is 106 Å². The molecule has 18 heavy (non-hydrogen) atoms. The number of sulfonamides is 1. The van der Waals surface area contributed by atoms with Gasteiger partial charge in [-0.2, -0.15) is 9.40 Å². The highest BCUT2D eigenvalue weighted by molar-refractivity contribution is 7.89. The van der Waals surface area contributed by atoms with Gasteiger partial charge in [-0.05, 0) is 13.8 Å². The van der Waals surface area contributed by atoms with Crippen LogP contribution in [0.1, 0.15) is 13.8 Å². The third-order valence-electron chi connectivity index (χ3n) is 2.53. The summed E-state index contributed by atoms with van der Waals surface area (Å²) in [6, 6.07) is -0.879. The van der Waals surface area contributed by atoms with Gasteiger partial charge in [0, 0.05) is 20.3 Å². The number of aromatic nitrogens is 2. The fraction of sp³-hybridized carbons (Fsp3) is 0.600. The summed E-state index contributed by atoms with van der Waals surface area (Å²) in [5.74, 6) is -0.576. The molecule has 0 N–H and O–H groups in total. The van der Waals surface area contributed by atoms with Gasteiger partial charge >= 0.3 is 5.97 Å². The molecule has 0 amide bonds. The summed E-state index contributed by atoms with van der Waals surface area (Å²) in [6.45, 7) is 3.36. The second-order valence-corrected chi connectivity index (χ2v) is 5.80. The van der Waals surface area contributed by atoms with Crippen LogP contribution in [0.15, 0.2) is 17.3 Å². The lowest BCUT2D eigenvalue weighted by Crippen LogP contribution is -2.41. The summed E-state index contributed by atoms with van der Waals surface area (Å²) < 4.78 is 31.5. The van der Waals surface area contributed by atoms with Gasteiger partial charge in [0.2, 0.25) is 10.0 Å². The summed E-state index contributed by atoms with van der Waals surface area (Å²) in [7, 11) is -0.775. The summed E-state index contributed by atoms with van der Waals surface area (Å²) in [5.41, 5.74) is 0. The maximum Gasteiger partial charge on any atom is 0.324 e. The van der Waals surface area contributed by atoms with Crippen molar-refractivity contribution in [1.82, 2.24) is 14.1 Å². The van der Waals surface area contributed by atoms with Crippen LogP contribution < -0.4 is 0 Å². The Morgan fingerprint density at radius 3 is 2.67 bits per heavy atom. The van der Waals surface area contributed by atoms with Gasteiger partial charge in [-0.1, -0.05) is 0 Å². The van der Waals surface area contributed by atoms with E-state index in [9.17, 15) is 13.2 Å². The Morgan fingerprint density at radius 1 is 1.61 bits per heavy atom. The molecule has 0 aliphatic heterocycles. The predicted molar refractivity (Wildman–Crippen MR) is 64.3 cm³/mol. The lowest BCUT2D eigenvalue weighted by molar-refractivity contribution is -0.146. The molecule has 102 valence electrons. The number of likely N-dealkylation sites (N-methyl/N-ethyl adjacent to an activating group) is 1. The average molecular weight is 275 g/mol. The Balaban J connectivity index is 2.95. The van der Waals surface area contributed by atoms with Crippen LogP contribution in [0.5, 0.6) is 0 Å². The van der Waals surface area contributed by atoms with E-state index < -0.39 is 22.0 Å². The third kappa shape index (κ3) is 2.88. The number of nitrogens with zero attached hydrogens (tertiary/aromatic N) is 3. The highest BCUT2D eigenvalue weighted by Gasteiger charge is 2.31. The van der Waals surface area contributed by atoms with Crippen molar-refractivity contribution in [1.29, 1.82) is 0 Å². The Bertz CT molecular complexity index is 523. The fourth-order valence-corrected chi connectivity index (χ4v) is 2.62. The summed E-state index contributed by atoms with van der Waals surface area (Å²) in [4.78, 5) is 11.6. The van der Waals surface area contributed by atoms with Crippen LogP contribution >= 0.6 is 0 Å². The third-order valence-corrected chi connectivity index (χ3v) is 4.41. The van der Waals surface area contributed by atoms with Gasteiger partial charge in [0.25, 0.3) is 0 Å². The van der Waals surface area contributed by atoms with Crippen molar-refractivity contribution in [3.63, 3.8) is 0 Å². The Morgan fingerprint density at radius 2 is 2.22 bits per heavy atom. The molecule has 0 saturated carbocycles. The number of ether oxygens (including phenoxy) is 1. The Kier molecular flexibility index (Phi) is 4.47. The maximum absolute atomic E-state index is 12.2. The zero-order valence-corrected chi connectivity index (χ0v) is 11.6. The van der Waals surface area contributed by atoms with Crippen LogP contribution in [-0.4, -0.2) is 48.2 Å². The van der Waals surface area contributed by atoms with E-state index in [1.807, 2.05) is 0 Å². The van der Waals surface area contributed by atoms with Crippen molar-refractivity contribution >= 4 is 16.0 Å². The second-order valence-electron chi connectivity index (χ2n) is 3.80. The first-order valence-corrected chi connectivity index (χ1v) is 6.88. The molecular weight excluding hydrogens is 258 g/mol. The first-order chi connectivity index (χ1) is 8.30.